The zero-order chi connectivity index (χ0) is 16.2. The van der Waals surface area contributed by atoms with Crippen LogP contribution in [0.5, 0.6) is 5.75 Å². The largest absolute Gasteiger partial charge is 0.497 e. The summed E-state index contributed by atoms with van der Waals surface area (Å²) in [5.41, 5.74) is 2.27. The van der Waals surface area contributed by atoms with Gasteiger partial charge in [-0.05, 0) is 41.5 Å². The van der Waals surface area contributed by atoms with Crippen molar-refractivity contribution in [2.45, 2.75) is 13.5 Å². The van der Waals surface area contributed by atoms with Crippen LogP contribution in [0.4, 0.5) is 0 Å². The first-order chi connectivity index (χ1) is 11.2. The third kappa shape index (κ3) is 3.66. The fourth-order valence-corrected chi connectivity index (χ4v) is 2.64. The van der Waals surface area contributed by atoms with E-state index in [-0.39, 0.29) is 11.8 Å². The molecule has 1 amide bonds. The predicted molar refractivity (Wildman–Crippen MR) is 89.6 cm³/mol. The average Bonchev–Trinajstić information content (AvgIpc) is 2.56. The van der Waals surface area contributed by atoms with Gasteiger partial charge >= 0.3 is 0 Å². The van der Waals surface area contributed by atoms with Crippen LogP contribution in [0.2, 0.25) is 0 Å². The first-order valence-corrected chi connectivity index (χ1v) is 7.70. The number of benzene rings is 2. The van der Waals surface area contributed by atoms with Crippen LogP contribution in [0.1, 0.15) is 11.1 Å². The molecule has 1 aliphatic heterocycles. The lowest BCUT2D eigenvalue weighted by Crippen LogP contribution is -2.37. The van der Waals surface area contributed by atoms with E-state index in [4.69, 9.17) is 4.74 Å². The number of nitrogens with zero attached hydrogens (tertiary/aromatic N) is 1. The zero-order valence-corrected chi connectivity index (χ0v) is 13.4. The van der Waals surface area contributed by atoms with Crippen LogP contribution in [0.3, 0.4) is 0 Å². The van der Waals surface area contributed by atoms with E-state index in [1.54, 1.807) is 7.11 Å². The van der Waals surface area contributed by atoms with E-state index >= 15 is 0 Å². The third-order valence-corrected chi connectivity index (χ3v) is 3.97. The highest BCUT2D eigenvalue weighted by Gasteiger charge is 2.17. The molecular formula is C19H20N2O2. The highest BCUT2D eigenvalue weighted by molar-refractivity contribution is 5.86. The van der Waals surface area contributed by atoms with Gasteiger partial charge in [0.05, 0.1) is 18.4 Å². The maximum atomic E-state index is 12.1. The Labute approximate surface area is 135 Å². The van der Waals surface area contributed by atoms with Gasteiger partial charge in [0, 0.05) is 13.1 Å². The number of hydrogen-bond acceptors (Lipinski definition) is 3. The summed E-state index contributed by atoms with van der Waals surface area (Å²) in [6.07, 6.45) is 2.01. The molecule has 0 radical (unpaired) electrons. The molecule has 3 rings (SSSR count). The third-order valence-electron chi connectivity index (χ3n) is 3.97. The zero-order valence-electron chi connectivity index (χ0n) is 13.4. The van der Waals surface area contributed by atoms with Crippen LogP contribution in [0, 0.1) is 12.8 Å². The molecule has 2 aromatic rings. The molecule has 0 saturated carbocycles. The molecule has 0 aliphatic carbocycles. The van der Waals surface area contributed by atoms with Gasteiger partial charge in [-0.2, -0.15) is 0 Å². The number of rotatable bonds is 5. The first kappa shape index (κ1) is 15.4. The Kier molecular flexibility index (Phi) is 4.53. The van der Waals surface area contributed by atoms with Gasteiger partial charge in [-0.15, -0.1) is 0 Å². The maximum absolute atomic E-state index is 12.1. The molecule has 0 saturated heterocycles. The van der Waals surface area contributed by atoms with Crippen molar-refractivity contribution < 1.29 is 9.53 Å². The summed E-state index contributed by atoms with van der Waals surface area (Å²) in [7, 11) is 1.65. The van der Waals surface area contributed by atoms with Gasteiger partial charge < -0.3 is 10.1 Å². The second-order valence-electron chi connectivity index (χ2n) is 5.76. The van der Waals surface area contributed by atoms with E-state index in [1.165, 1.54) is 0 Å². The van der Waals surface area contributed by atoms with Crippen molar-refractivity contribution in [3.05, 3.63) is 64.2 Å². The van der Waals surface area contributed by atoms with E-state index in [0.717, 1.165) is 27.5 Å². The molecule has 4 nitrogen and oxygen atoms in total. The number of amides is 1. The van der Waals surface area contributed by atoms with Crippen molar-refractivity contribution in [1.82, 2.24) is 5.32 Å². The lowest BCUT2D eigenvalue weighted by Gasteiger charge is -2.13. The molecule has 2 aromatic carbocycles. The molecule has 1 unspecified atom stereocenters. The van der Waals surface area contributed by atoms with Crippen molar-refractivity contribution in [2.24, 2.45) is 10.9 Å². The van der Waals surface area contributed by atoms with Crippen LogP contribution in [0.15, 0.2) is 47.5 Å². The van der Waals surface area contributed by atoms with Gasteiger partial charge in [0.1, 0.15) is 5.75 Å². The fourth-order valence-electron chi connectivity index (χ4n) is 2.64. The number of carbonyl (C=O) groups excluding carboxylic acids is 1. The van der Waals surface area contributed by atoms with Gasteiger partial charge in [-0.3, -0.25) is 4.79 Å². The number of hydrogen-bond donors (Lipinski definition) is 1. The maximum Gasteiger partial charge on any atom is 0.254 e. The lowest BCUT2D eigenvalue weighted by molar-refractivity contribution is -0.120. The monoisotopic (exact) mass is 308 g/mol. The summed E-state index contributed by atoms with van der Waals surface area (Å²) < 4.78 is 5.14. The minimum Gasteiger partial charge on any atom is -0.497 e. The molecule has 1 N–H and O–H groups in total. The molecule has 4 heteroatoms. The standard InChI is InChI=1S/C19H20N2O2/c1-13-3-6-15-10-16(19(22)21-18(15)9-13)12-20-11-14-4-7-17(23-2)8-5-14/h3-10,16,20H,11-12H2,1-2H3. The van der Waals surface area contributed by atoms with E-state index in [1.807, 2.05) is 55.5 Å². The molecule has 0 fully saturated rings. The topological polar surface area (TPSA) is 50.7 Å². The SMILES string of the molecule is COc1ccc(CNCC2C=c3ccc(C)cc3=NC2=O)cc1. The Balaban J connectivity index is 1.64. The van der Waals surface area contributed by atoms with Crippen LogP contribution in [0.25, 0.3) is 6.08 Å². The van der Waals surface area contributed by atoms with E-state index in [2.05, 4.69) is 10.3 Å². The summed E-state index contributed by atoms with van der Waals surface area (Å²) in [5.74, 6) is 0.559. The van der Waals surface area contributed by atoms with Crippen LogP contribution < -0.4 is 20.6 Å². The van der Waals surface area contributed by atoms with Gasteiger partial charge in [-0.1, -0.05) is 30.3 Å². The molecule has 0 spiro atoms. The smallest absolute Gasteiger partial charge is 0.254 e. The van der Waals surface area contributed by atoms with Gasteiger partial charge in [0.15, 0.2) is 0 Å². The van der Waals surface area contributed by atoms with Crippen molar-refractivity contribution in [3.8, 4) is 5.75 Å². The highest BCUT2D eigenvalue weighted by Crippen LogP contribution is 2.11. The van der Waals surface area contributed by atoms with Crippen molar-refractivity contribution in [2.75, 3.05) is 13.7 Å². The Hall–Kier alpha value is -2.46. The molecule has 23 heavy (non-hydrogen) atoms. The summed E-state index contributed by atoms with van der Waals surface area (Å²) in [4.78, 5) is 16.3. The van der Waals surface area contributed by atoms with Gasteiger partial charge in [-0.25, -0.2) is 4.99 Å². The molecule has 1 atom stereocenters. The number of fused-ring (bicyclic) bond motifs is 1. The molecular weight excluding hydrogens is 288 g/mol. The lowest BCUT2D eigenvalue weighted by atomic mass is 10.0. The minimum absolute atomic E-state index is 0.0784. The highest BCUT2D eigenvalue weighted by atomic mass is 16.5. The summed E-state index contributed by atoms with van der Waals surface area (Å²) in [6, 6.07) is 13.9. The normalized spacial score (nSPS) is 16.3. The molecule has 0 aromatic heterocycles. The number of ether oxygens (including phenoxy) is 1. The quantitative estimate of drug-likeness (QED) is 0.907. The Bertz CT molecular complexity index is 825. The Morgan fingerprint density at radius 1 is 1.17 bits per heavy atom. The first-order valence-electron chi connectivity index (χ1n) is 7.70. The number of nitrogens with one attached hydrogen (secondary N) is 1. The fraction of sp³-hybridized carbons (Fsp3) is 0.263. The predicted octanol–water partition coefficient (Wildman–Crippen LogP) is 1.35. The molecule has 1 aliphatic rings. The van der Waals surface area contributed by atoms with E-state index in [0.29, 0.717) is 13.1 Å². The van der Waals surface area contributed by atoms with Crippen LogP contribution in [-0.4, -0.2) is 19.6 Å². The van der Waals surface area contributed by atoms with Crippen LogP contribution in [-0.2, 0) is 11.3 Å². The summed E-state index contributed by atoms with van der Waals surface area (Å²) in [6.45, 7) is 3.30. The number of methoxy groups -OCH3 is 1. The Morgan fingerprint density at radius 3 is 2.70 bits per heavy atom. The molecule has 118 valence electrons. The van der Waals surface area contributed by atoms with E-state index < -0.39 is 0 Å². The summed E-state index contributed by atoms with van der Waals surface area (Å²) in [5, 5.41) is 5.14. The average molecular weight is 308 g/mol. The van der Waals surface area contributed by atoms with Crippen LogP contribution >= 0.6 is 0 Å². The molecule has 0 bridgehead atoms. The van der Waals surface area contributed by atoms with Crippen molar-refractivity contribution >= 4 is 12.0 Å². The van der Waals surface area contributed by atoms with Gasteiger partial charge in [0.2, 0.25) is 0 Å². The second-order valence-corrected chi connectivity index (χ2v) is 5.76. The summed E-state index contributed by atoms with van der Waals surface area (Å²) >= 11 is 0. The second kappa shape index (κ2) is 6.75. The van der Waals surface area contributed by atoms with Crippen molar-refractivity contribution in [3.63, 3.8) is 0 Å². The van der Waals surface area contributed by atoms with E-state index in [9.17, 15) is 4.79 Å². The minimum atomic E-state index is -0.205. The number of aryl methyl sites for hydroxylation is 1. The number of carbonyl (C=O) groups is 1. The molecule has 1 heterocycles. The Morgan fingerprint density at radius 2 is 1.96 bits per heavy atom. The van der Waals surface area contributed by atoms with Crippen molar-refractivity contribution in [1.29, 1.82) is 0 Å². The van der Waals surface area contributed by atoms with Gasteiger partial charge in [0.25, 0.3) is 5.91 Å².